The Morgan fingerprint density at radius 3 is 2.21 bits per heavy atom. The van der Waals surface area contributed by atoms with Gasteiger partial charge in [-0.15, -0.1) is 0 Å². The van der Waals surface area contributed by atoms with E-state index in [0.717, 1.165) is 17.7 Å². The zero-order valence-corrected chi connectivity index (χ0v) is 19.0. The quantitative estimate of drug-likeness (QED) is 0.707. The Labute approximate surface area is 174 Å². The zero-order valence-electron chi connectivity index (χ0n) is 19.0. The minimum absolute atomic E-state index is 0.209. The van der Waals surface area contributed by atoms with Gasteiger partial charge in [-0.2, -0.15) is 0 Å². The van der Waals surface area contributed by atoms with Crippen LogP contribution in [0.4, 0.5) is 4.79 Å². The van der Waals surface area contributed by atoms with Crippen LogP contribution in [0.5, 0.6) is 0 Å². The van der Waals surface area contributed by atoms with Gasteiger partial charge in [0.15, 0.2) is 0 Å². The average Bonchev–Trinajstić information content (AvgIpc) is 2.81. The second kappa shape index (κ2) is 7.54. The summed E-state index contributed by atoms with van der Waals surface area (Å²) in [6, 6.07) is 0. The Hall–Kier alpha value is -1.67. The van der Waals surface area contributed by atoms with Gasteiger partial charge in [-0.05, 0) is 60.8 Å². The van der Waals surface area contributed by atoms with Crippen molar-refractivity contribution in [2.45, 2.75) is 84.5 Å². The van der Waals surface area contributed by atoms with E-state index in [2.05, 4.69) is 16.9 Å². The summed E-state index contributed by atoms with van der Waals surface area (Å²) >= 11 is 0. The van der Waals surface area contributed by atoms with Crippen molar-refractivity contribution in [3.63, 3.8) is 0 Å². The fraction of sp³-hybridized carbons (Fsp3) is 0.762. The Balaban J connectivity index is 1.63. The Morgan fingerprint density at radius 1 is 1.17 bits per heavy atom. The van der Waals surface area contributed by atoms with Crippen LogP contribution >= 0.6 is 0 Å². The Kier molecular flexibility index (Phi) is 5.73. The third-order valence-electron chi connectivity index (χ3n) is 6.11. The molecule has 8 heteroatoms. The second-order valence-electron chi connectivity index (χ2n) is 10.3. The fourth-order valence-electron chi connectivity index (χ4n) is 3.66. The standard InChI is InChI=1S/C21H34BN3O4/c1-14-13-25(18(26)27-19(2,3)4)10-9-16(14)17-23-11-15(12-24-17)22-28-20(5,6)21(7,8)29-22/h11-12,14,16H,9-10,13H2,1-8H3. The molecule has 0 radical (unpaired) electrons. The van der Waals surface area contributed by atoms with Gasteiger partial charge in [0, 0.05) is 36.9 Å². The molecule has 3 rings (SSSR count). The van der Waals surface area contributed by atoms with Crippen LogP contribution in [0.2, 0.25) is 0 Å². The summed E-state index contributed by atoms with van der Waals surface area (Å²) < 4.78 is 17.7. The van der Waals surface area contributed by atoms with Crippen molar-refractivity contribution in [1.29, 1.82) is 0 Å². The number of carbonyl (C=O) groups excluding carboxylic acids is 1. The number of piperidine rings is 1. The molecule has 2 aliphatic heterocycles. The second-order valence-corrected chi connectivity index (χ2v) is 10.3. The summed E-state index contributed by atoms with van der Waals surface area (Å²) in [7, 11) is -0.458. The topological polar surface area (TPSA) is 73.8 Å². The molecule has 1 amide bonds. The van der Waals surface area contributed by atoms with Gasteiger partial charge in [-0.1, -0.05) is 6.92 Å². The van der Waals surface area contributed by atoms with Gasteiger partial charge in [0.05, 0.1) is 11.2 Å². The summed E-state index contributed by atoms with van der Waals surface area (Å²) in [6.45, 7) is 17.2. The molecule has 0 aliphatic carbocycles. The van der Waals surface area contributed by atoms with E-state index in [-0.39, 0.29) is 29.1 Å². The summed E-state index contributed by atoms with van der Waals surface area (Å²) in [4.78, 5) is 23.4. The maximum Gasteiger partial charge on any atom is 0.498 e. The van der Waals surface area contributed by atoms with Gasteiger partial charge in [0.2, 0.25) is 0 Å². The summed E-state index contributed by atoms with van der Waals surface area (Å²) in [5.41, 5.74) is -0.436. The highest BCUT2D eigenvalue weighted by molar-refractivity contribution is 6.61. The molecule has 1 aromatic heterocycles. The fourth-order valence-corrected chi connectivity index (χ4v) is 3.66. The molecular formula is C21H34BN3O4. The molecule has 2 saturated heterocycles. The SMILES string of the molecule is CC1CN(C(=O)OC(C)(C)C)CCC1c1ncc(B2OC(C)(C)C(C)(C)O2)cn1. The Bertz CT molecular complexity index is 729. The highest BCUT2D eigenvalue weighted by atomic mass is 16.7. The lowest BCUT2D eigenvalue weighted by atomic mass is 9.81. The van der Waals surface area contributed by atoms with E-state index in [1.165, 1.54) is 0 Å². The number of nitrogens with zero attached hydrogens (tertiary/aromatic N) is 3. The predicted octanol–water partition coefficient (Wildman–Crippen LogP) is 3.14. The molecule has 0 aromatic carbocycles. The minimum atomic E-state index is -0.483. The first-order chi connectivity index (χ1) is 13.3. The Morgan fingerprint density at radius 2 is 1.72 bits per heavy atom. The van der Waals surface area contributed by atoms with E-state index in [1.807, 2.05) is 48.5 Å². The molecule has 2 atom stereocenters. The maximum atomic E-state index is 12.3. The van der Waals surface area contributed by atoms with Crippen molar-refractivity contribution in [1.82, 2.24) is 14.9 Å². The molecule has 2 fully saturated rings. The first-order valence-electron chi connectivity index (χ1n) is 10.4. The van der Waals surface area contributed by atoms with Gasteiger partial charge in [-0.3, -0.25) is 0 Å². The van der Waals surface area contributed by atoms with E-state index >= 15 is 0 Å². The lowest BCUT2D eigenvalue weighted by molar-refractivity contribution is 0.00578. The van der Waals surface area contributed by atoms with Crippen LogP contribution in [0, 0.1) is 5.92 Å². The number of hydrogen-bond donors (Lipinski definition) is 0. The third-order valence-corrected chi connectivity index (χ3v) is 6.11. The molecule has 0 spiro atoms. The number of aromatic nitrogens is 2. The minimum Gasteiger partial charge on any atom is -0.444 e. The molecule has 0 bridgehead atoms. The van der Waals surface area contributed by atoms with Crippen LogP contribution in [0.15, 0.2) is 12.4 Å². The maximum absolute atomic E-state index is 12.3. The predicted molar refractivity (Wildman–Crippen MR) is 112 cm³/mol. The summed E-state index contributed by atoms with van der Waals surface area (Å²) in [5.74, 6) is 1.27. The highest BCUT2D eigenvalue weighted by Crippen LogP contribution is 2.36. The number of carbonyl (C=O) groups is 1. The van der Waals surface area contributed by atoms with E-state index in [9.17, 15) is 4.79 Å². The van der Waals surface area contributed by atoms with Crippen molar-refractivity contribution < 1.29 is 18.8 Å². The highest BCUT2D eigenvalue weighted by Gasteiger charge is 2.52. The van der Waals surface area contributed by atoms with Gasteiger partial charge >= 0.3 is 13.2 Å². The van der Waals surface area contributed by atoms with Crippen LogP contribution in [0.25, 0.3) is 0 Å². The van der Waals surface area contributed by atoms with Gasteiger partial charge < -0.3 is 18.9 Å². The van der Waals surface area contributed by atoms with Crippen molar-refractivity contribution in [2.75, 3.05) is 13.1 Å². The van der Waals surface area contributed by atoms with Crippen LogP contribution in [-0.2, 0) is 14.0 Å². The normalized spacial score (nSPS) is 26.5. The van der Waals surface area contributed by atoms with Gasteiger partial charge in [0.1, 0.15) is 11.4 Å². The summed E-state index contributed by atoms with van der Waals surface area (Å²) in [5, 5.41) is 0. The average molecular weight is 403 g/mol. The molecule has 0 saturated carbocycles. The zero-order chi connectivity index (χ0) is 21.6. The van der Waals surface area contributed by atoms with Crippen molar-refractivity contribution in [3.8, 4) is 0 Å². The third kappa shape index (κ3) is 4.74. The van der Waals surface area contributed by atoms with E-state index in [0.29, 0.717) is 13.1 Å². The molecule has 3 heterocycles. The lowest BCUT2D eigenvalue weighted by Crippen LogP contribution is -2.45. The number of hydrogen-bond acceptors (Lipinski definition) is 6. The molecule has 160 valence electrons. The molecule has 1 aromatic rings. The molecule has 2 aliphatic rings. The molecule has 0 N–H and O–H groups in total. The van der Waals surface area contributed by atoms with Crippen LogP contribution in [0.1, 0.15) is 73.6 Å². The van der Waals surface area contributed by atoms with Crippen LogP contribution < -0.4 is 5.46 Å². The smallest absolute Gasteiger partial charge is 0.444 e. The first kappa shape index (κ1) is 22.0. The van der Waals surface area contributed by atoms with Crippen molar-refractivity contribution in [2.24, 2.45) is 5.92 Å². The van der Waals surface area contributed by atoms with Crippen LogP contribution in [-0.4, -0.2) is 58.0 Å². The van der Waals surface area contributed by atoms with Crippen molar-refractivity contribution in [3.05, 3.63) is 18.2 Å². The number of ether oxygens (including phenoxy) is 1. The van der Waals surface area contributed by atoms with Gasteiger partial charge in [-0.25, -0.2) is 14.8 Å². The molecular weight excluding hydrogens is 369 g/mol. The molecule has 2 unspecified atom stereocenters. The lowest BCUT2D eigenvalue weighted by Gasteiger charge is -2.36. The molecule has 7 nitrogen and oxygen atoms in total. The number of likely N-dealkylation sites (tertiary alicyclic amines) is 1. The largest absolute Gasteiger partial charge is 0.498 e. The van der Waals surface area contributed by atoms with Gasteiger partial charge in [0.25, 0.3) is 0 Å². The first-order valence-corrected chi connectivity index (χ1v) is 10.4. The summed E-state index contributed by atoms with van der Waals surface area (Å²) in [6.07, 6.45) is 4.17. The number of rotatable bonds is 2. The van der Waals surface area contributed by atoms with E-state index < -0.39 is 12.7 Å². The van der Waals surface area contributed by atoms with E-state index in [1.54, 1.807) is 17.3 Å². The number of amides is 1. The van der Waals surface area contributed by atoms with Crippen molar-refractivity contribution >= 4 is 18.7 Å². The van der Waals surface area contributed by atoms with E-state index in [4.69, 9.17) is 14.0 Å². The molecule has 29 heavy (non-hydrogen) atoms. The van der Waals surface area contributed by atoms with Crippen LogP contribution in [0.3, 0.4) is 0 Å². The monoisotopic (exact) mass is 403 g/mol.